The van der Waals surface area contributed by atoms with Crippen LogP contribution in [0.2, 0.25) is 10.0 Å². The smallest absolute Gasteiger partial charge is 0.128 e. The Kier molecular flexibility index (Phi) is 3.88. The van der Waals surface area contributed by atoms with Crippen LogP contribution in [0.4, 0.5) is 0 Å². The molecule has 0 spiro atoms. The van der Waals surface area contributed by atoms with Crippen molar-refractivity contribution in [3.8, 4) is 5.75 Å². The number of aliphatic hydroxyl groups excluding tert-OH is 1. The molecule has 0 bridgehead atoms. The van der Waals surface area contributed by atoms with Gasteiger partial charge in [0.25, 0.3) is 0 Å². The minimum Gasteiger partial charge on any atom is -0.493 e. The number of fused-ring (bicyclic) bond motifs is 1. The molecule has 0 aliphatic carbocycles. The van der Waals surface area contributed by atoms with E-state index in [9.17, 15) is 5.11 Å². The van der Waals surface area contributed by atoms with E-state index in [1.54, 1.807) is 18.2 Å². The van der Waals surface area contributed by atoms with Crippen molar-refractivity contribution in [1.82, 2.24) is 0 Å². The summed E-state index contributed by atoms with van der Waals surface area (Å²) in [6.45, 7) is 0.673. The number of hydrogen-bond donors (Lipinski definition) is 1. The molecule has 2 nitrogen and oxygen atoms in total. The number of aliphatic hydroxyl groups is 1. The molecule has 104 valence electrons. The van der Waals surface area contributed by atoms with Crippen LogP contribution in [0.5, 0.6) is 5.75 Å². The van der Waals surface area contributed by atoms with Crippen molar-refractivity contribution in [2.45, 2.75) is 18.9 Å². The molecule has 3 rings (SSSR count). The highest BCUT2D eigenvalue weighted by atomic mass is 35.5. The van der Waals surface area contributed by atoms with E-state index in [0.29, 0.717) is 23.1 Å². The lowest BCUT2D eigenvalue weighted by molar-refractivity contribution is 0.173. The molecule has 1 aliphatic heterocycles. The molecule has 1 N–H and O–H groups in total. The summed E-state index contributed by atoms with van der Waals surface area (Å²) >= 11 is 12.3. The highest BCUT2D eigenvalue weighted by Crippen LogP contribution is 2.36. The molecular weight excluding hydrogens is 295 g/mol. The van der Waals surface area contributed by atoms with Crippen molar-refractivity contribution in [2.24, 2.45) is 0 Å². The maximum absolute atomic E-state index is 10.5. The van der Waals surface area contributed by atoms with Gasteiger partial charge in [0, 0.05) is 28.5 Å². The van der Waals surface area contributed by atoms with Crippen molar-refractivity contribution in [1.29, 1.82) is 0 Å². The van der Waals surface area contributed by atoms with Crippen molar-refractivity contribution in [2.75, 3.05) is 6.61 Å². The number of rotatable bonds is 3. The number of ether oxygens (including phenoxy) is 1. The van der Waals surface area contributed by atoms with Crippen LogP contribution in [0.25, 0.3) is 0 Å². The molecule has 2 aromatic carbocycles. The maximum atomic E-state index is 10.5. The van der Waals surface area contributed by atoms with Crippen LogP contribution in [0.1, 0.15) is 22.8 Å². The van der Waals surface area contributed by atoms with E-state index in [1.165, 1.54) is 0 Å². The van der Waals surface area contributed by atoms with Gasteiger partial charge in [-0.15, -0.1) is 0 Å². The molecule has 20 heavy (non-hydrogen) atoms. The lowest BCUT2D eigenvalue weighted by Gasteiger charge is -2.16. The zero-order valence-corrected chi connectivity index (χ0v) is 12.3. The largest absolute Gasteiger partial charge is 0.493 e. The van der Waals surface area contributed by atoms with Gasteiger partial charge in [-0.3, -0.25) is 0 Å². The van der Waals surface area contributed by atoms with E-state index in [-0.39, 0.29) is 0 Å². The molecular formula is C16H14Cl2O2. The van der Waals surface area contributed by atoms with Gasteiger partial charge in [0.05, 0.1) is 12.7 Å². The predicted octanol–water partition coefficient (Wildman–Crippen LogP) is 4.20. The Bertz CT molecular complexity index is 620. The second-order valence-electron chi connectivity index (χ2n) is 4.85. The fraction of sp³-hybridized carbons (Fsp3) is 0.250. The van der Waals surface area contributed by atoms with Gasteiger partial charge in [-0.2, -0.15) is 0 Å². The van der Waals surface area contributed by atoms with Gasteiger partial charge in [-0.05, 0) is 23.3 Å². The summed E-state index contributed by atoms with van der Waals surface area (Å²) in [7, 11) is 0. The van der Waals surface area contributed by atoms with E-state index in [1.807, 2.05) is 18.2 Å². The van der Waals surface area contributed by atoms with Gasteiger partial charge in [-0.1, -0.05) is 47.5 Å². The van der Waals surface area contributed by atoms with Gasteiger partial charge in [0.15, 0.2) is 0 Å². The van der Waals surface area contributed by atoms with Crippen LogP contribution >= 0.6 is 23.2 Å². The molecule has 1 heterocycles. The number of halogens is 2. The summed E-state index contributed by atoms with van der Waals surface area (Å²) in [6.07, 6.45) is 0.585. The zero-order chi connectivity index (χ0) is 14.1. The Morgan fingerprint density at radius 1 is 1.10 bits per heavy atom. The third-order valence-electron chi connectivity index (χ3n) is 3.56. The van der Waals surface area contributed by atoms with Crippen molar-refractivity contribution >= 4 is 23.2 Å². The van der Waals surface area contributed by atoms with Gasteiger partial charge in [0.1, 0.15) is 5.75 Å². The third-order valence-corrected chi connectivity index (χ3v) is 4.27. The topological polar surface area (TPSA) is 29.5 Å². The lowest BCUT2D eigenvalue weighted by Crippen LogP contribution is -2.05. The van der Waals surface area contributed by atoms with Gasteiger partial charge in [-0.25, -0.2) is 0 Å². The van der Waals surface area contributed by atoms with Crippen LogP contribution in [-0.2, 0) is 12.8 Å². The minimum absolute atomic E-state index is 0.373. The fourth-order valence-corrected chi connectivity index (χ4v) is 3.09. The molecule has 1 atom stereocenters. The van der Waals surface area contributed by atoms with Crippen LogP contribution in [0, 0.1) is 0 Å². The average Bonchev–Trinajstić information content (AvgIpc) is 2.91. The Morgan fingerprint density at radius 3 is 2.55 bits per heavy atom. The first-order valence-electron chi connectivity index (χ1n) is 6.52. The molecule has 2 aromatic rings. The molecule has 1 aliphatic rings. The second-order valence-corrected chi connectivity index (χ2v) is 5.67. The van der Waals surface area contributed by atoms with E-state index >= 15 is 0 Å². The fourth-order valence-electron chi connectivity index (χ4n) is 2.53. The normalized spacial score (nSPS) is 14.8. The number of hydrogen-bond acceptors (Lipinski definition) is 2. The van der Waals surface area contributed by atoms with Crippen molar-refractivity contribution in [3.63, 3.8) is 0 Å². The Morgan fingerprint density at radius 2 is 1.80 bits per heavy atom. The van der Waals surface area contributed by atoms with Crippen LogP contribution < -0.4 is 4.74 Å². The maximum Gasteiger partial charge on any atom is 0.128 e. The summed E-state index contributed by atoms with van der Waals surface area (Å²) in [5.41, 5.74) is 2.71. The first-order chi connectivity index (χ1) is 9.66. The quantitative estimate of drug-likeness (QED) is 0.920. The molecule has 0 aromatic heterocycles. The van der Waals surface area contributed by atoms with Gasteiger partial charge >= 0.3 is 0 Å². The SMILES string of the molecule is OC(Cc1c(Cl)cccc1Cl)c1cccc2c1OCC2. The number of benzene rings is 2. The average molecular weight is 309 g/mol. The standard InChI is InChI=1S/C16H14Cl2O2/c17-13-5-2-6-14(18)12(13)9-15(19)11-4-1-3-10-7-8-20-16(10)11/h1-6,15,19H,7-9H2. The van der Waals surface area contributed by atoms with E-state index in [2.05, 4.69) is 0 Å². The third kappa shape index (κ3) is 2.51. The lowest BCUT2D eigenvalue weighted by atomic mass is 9.98. The van der Waals surface area contributed by atoms with E-state index in [0.717, 1.165) is 28.9 Å². The summed E-state index contributed by atoms with van der Waals surface area (Å²) in [4.78, 5) is 0. The number of para-hydroxylation sites is 1. The highest BCUT2D eigenvalue weighted by Gasteiger charge is 2.22. The van der Waals surface area contributed by atoms with Gasteiger partial charge < -0.3 is 9.84 Å². The molecule has 0 saturated carbocycles. The van der Waals surface area contributed by atoms with Crippen LogP contribution in [-0.4, -0.2) is 11.7 Å². The highest BCUT2D eigenvalue weighted by molar-refractivity contribution is 6.36. The van der Waals surface area contributed by atoms with E-state index < -0.39 is 6.10 Å². The first kappa shape index (κ1) is 13.7. The van der Waals surface area contributed by atoms with Crippen molar-refractivity contribution < 1.29 is 9.84 Å². The molecule has 0 amide bonds. The van der Waals surface area contributed by atoms with Gasteiger partial charge in [0.2, 0.25) is 0 Å². The molecule has 0 fully saturated rings. The second kappa shape index (κ2) is 5.65. The summed E-state index contributed by atoms with van der Waals surface area (Å²) in [6, 6.07) is 11.2. The summed E-state index contributed by atoms with van der Waals surface area (Å²) < 4.78 is 5.62. The molecule has 0 saturated heterocycles. The Balaban J connectivity index is 1.91. The zero-order valence-electron chi connectivity index (χ0n) is 10.8. The monoisotopic (exact) mass is 308 g/mol. The Hall–Kier alpha value is -1.22. The van der Waals surface area contributed by atoms with Crippen LogP contribution in [0.3, 0.4) is 0 Å². The van der Waals surface area contributed by atoms with Crippen LogP contribution in [0.15, 0.2) is 36.4 Å². The first-order valence-corrected chi connectivity index (χ1v) is 7.28. The molecule has 4 heteroatoms. The minimum atomic E-state index is -0.680. The van der Waals surface area contributed by atoms with Crippen molar-refractivity contribution in [3.05, 3.63) is 63.1 Å². The van der Waals surface area contributed by atoms with E-state index in [4.69, 9.17) is 27.9 Å². The molecule has 0 radical (unpaired) electrons. The summed E-state index contributed by atoms with van der Waals surface area (Å²) in [5, 5.41) is 11.6. The predicted molar refractivity (Wildman–Crippen MR) is 80.8 cm³/mol. The molecule has 1 unspecified atom stereocenters. The Labute approximate surface area is 127 Å². The summed E-state index contributed by atoms with van der Waals surface area (Å²) in [5.74, 6) is 0.808.